The van der Waals surface area contributed by atoms with Crippen molar-refractivity contribution in [2.45, 2.75) is 6.61 Å². The normalized spacial score (nSPS) is 14.4. The first-order valence-electron chi connectivity index (χ1n) is 9.37. The van der Waals surface area contributed by atoms with Crippen LogP contribution in [0.2, 0.25) is 10.0 Å². The number of nitrogens with zero attached hydrogens (tertiary/aromatic N) is 1. The molecule has 156 valence electrons. The van der Waals surface area contributed by atoms with E-state index < -0.39 is 5.97 Å². The average molecular weight is 454 g/mol. The van der Waals surface area contributed by atoms with Crippen molar-refractivity contribution in [2.24, 2.45) is 4.99 Å². The fourth-order valence-electron chi connectivity index (χ4n) is 2.98. The van der Waals surface area contributed by atoms with Crippen molar-refractivity contribution in [3.63, 3.8) is 0 Å². The summed E-state index contributed by atoms with van der Waals surface area (Å²) < 4.78 is 16.6. The molecular formula is C24H17Cl2NO4. The largest absolute Gasteiger partial charge is 0.493 e. The molecule has 0 atom stereocenters. The van der Waals surface area contributed by atoms with Crippen LogP contribution in [-0.2, 0) is 16.1 Å². The number of cyclic esters (lactones) is 1. The van der Waals surface area contributed by atoms with Crippen LogP contribution in [0.15, 0.2) is 77.4 Å². The Balaban J connectivity index is 1.56. The second kappa shape index (κ2) is 9.25. The van der Waals surface area contributed by atoms with Crippen LogP contribution < -0.4 is 9.47 Å². The molecule has 7 heteroatoms. The molecule has 0 saturated carbocycles. The van der Waals surface area contributed by atoms with Crippen molar-refractivity contribution in [3.05, 3.63) is 99.2 Å². The molecule has 1 aliphatic heterocycles. The van der Waals surface area contributed by atoms with Gasteiger partial charge in [0.25, 0.3) is 0 Å². The van der Waals surface area contributed by atoms with Crippen molar-refractivity contribution in [3.8, 4) is 11.5 Å². The van der Waals surface area contributed by atoms with E-state index in [0.29, 0.717) is 39.3 Å². The maximum atomic E-state index is 12.3. The highest BCUT2D eigenvalue weighted by Crippen LogP contribution is 2.31. The summed E-state index contributed by atoms with van der Waals surface area (Å²) in [7, 11) is 1.55. The fourth-order valence-corrected chi connectivity index (χ4v) is 3.39. The van der Waals surface area contributed by atoms with Gasteiger partial charge in [-0.1, -0.05) is 59.6 Å². The summed E-state index contributed by atoms with van der Waals surface area (Å²) in [6.45, 7) is 0.300. The zero-order valence-electron chi connectivity index (χ0n) is 16.5. The lowest BCUT2D eigenvalue weighted by Gasteiger charge is -2.12. The van der Waals surface area contributed by atoms with Gasteiger partial charge in [-0.3, -0.25) is 0 Å². The topological polar surface area (TPSA) is 57.1 Å². The number of rotatable bonds is 6. The molecule has 4 rings (SSSR count). The Hall–Kier alpha value is -3.28. The molecule has 0 spiro atoms. The number of carbonyl (C=O) groups excluding carboxylic acids is 1. The minimum absolute atomic E-state index is 0.168. The van der Waals surface area contributed by atoms with Gasteiger partial charge in [0.15, 0.2) is 17.2 Å². The fraction of sp³-hybridized carbons (Fsp3) is 0.0833. The predicted molar refractivity (Wildman–Crippen MR) is 121 cm³/mol. The number of carbonyl (C=O) groups is 1. The SMILES string of the molecule is COc1cc(/C=C2\N=C(c3ccccc3Cl)OC2=O)ccc1OCc1ccccc1Cl. The zero-order valence-corrected chi connectivity index (χ0v) is 18.0. The predicted octanol–water partition coefficient (Wildman–Crippen LogP) is 5.93. The van der Waals surface area contributed by atoms with Crippen LogP contribution >= 0.6 is 23.2 Å². The highest BCUT2D eigenvalue weighted by Gasteiger charge is 2.25. The van der Waals surface area contributed by atoms with Gasteiger partial charge in [0.05, 0.1) is 17.7 Å². The molecule has 3 aromatic carbocycles. The first kappa shape index (κ1) is 21.0. The number of esters is 1. The Morgan fingerprint density at radius 3 is 2.45 bits per heavy atom. The van der Waals surface area contributed by atoms with E-state index in [1.165, 1.54) is 0 Å². The van der Waals surface area contributed by atoms with E-state index in [0.717, 1.165) is 5.56 Å². The van der Waals surface area contributed by atoms with Crippen LogP contribution in [0.25, 0.3) is 6.08 Å². The summed E-state index contributed by atoms with van der Waals surface area (Å²) in [5.41, 5.74) is 2.30. The lowest BCUT2D eigenvalue weighted by molar-refractivity contribution is -0.129. The van der Waals surface area contributed by atoms with E-state index in [1.54, 1.807) is 55.7 Å². The second-order valence-corrected chi connectivity index (χ2v) is 7.42. The Bertz CT molecular complexity index is 1200. The van der Waals surface area contributed by atoms with Gasteiger partial charge in [0.2, 0.25) is 5.90 Å². The van der Waals surface area contributed by atoms with E-state index in [9.17, 15) is 4.79 Å². The maximum Gasteiger partial charge on any atom is 0.363 e. The lowest BCUT2D eigenvalue weighted by atomic mass is 10.1. The van der Waals surface area contributed by atoms with E-state index in [2.05, 4.69) is 4.99 Å². The number of ether oxygens (including phenoxy) is 3. The molecule has 3 aromatic rings. The molecule has 0 aromatic heterocycles. The van der Waals surface area contributed by atoms with Gasteiger partial charge >= 0.3 is 5.97 Å². The van der Waals surface area contributed by atoms with Gasteiger partial charge in [-0.25, -0.2) is 9.79 Å². The maximum absolute atomic E-state index is 12.3. The zero-order chi connectivity index (χ0) is 21.8. The van der Waals surface area contributed by atoms with Gasteiger partial charge < -0.3 is 14.2 Å². The summed E-state index contributed by atoms with van der Waals surface area (Å²) in [5.74, 6) is 0.698. The molecule has 0 fully saturated rings. The summed E-state index contributed by atoms with van der Waals surface area (Å²) in [6, 6.07) is 19.8. The van der Waals surface area contributed by atoms with Crippen LogP contribution in [0.3, 0.4) is 0 Å². The van der Waals surface area contributed by atoms with Crippen LogP contribution in [0.1, 0.15) is 16.7 Å². The van der Waals surface area contributed by atoms with Crippen molar-refractivity contribution in [1.82, 2.24) is 0 Å². The number of hydrogen-bond donors (Lipinski definition) is 0. The average Bonchev–Trinajstić information content (AvgIpc) is 3.13. The molecule has 0 saturated heterocycles. The minimum atomic E-state index is -0.548. The highest BCUT2D eigenvalue weighted by molar-refractivity contribution is 6.34. The number of halogens is 2. The smallest absolute Gasteiger partial charge is 0.363 e. The molecule has 1 aliphatic rings. The van der Waals surface area contributed by atoms with Gasteiger partial charge in [-0.05, 0) is 42.0 Å². The van der Waals surface area contributed by atoms with Crippen molar-refractivity contribution >= 4 is 41.1 Å². The second-order valence-electron chi connectivity index (χ2n) is 6.61. The summed E-state index contributed by atoms with van der Waals surface area (Å²) >= 11 is 12.4. The van der Waals surface area contributed by atoms with E-state index in [-0.39, 0.29) is 11.6 Å². The van der Waals surface area contributed by atoms with Crippen molar-refractivity contribution in [2.75, 3.05) is 7.11 Å². The van der Waals surface area contributed by atoms with Gasteiger partial charge in [0.1, 0.15) is 6.61 Å². The van der Waals surface area contributed by atoms with Crippen LogP contribution in [-0.4, -0.2) is 19.0 Å². The van der Waals surface area contributed by atoms with Crippen LogP contribution in [0, 0.1) is 0 Å². The molecule has 0 radical (unpaired) electrons. The highest BCUT2D eigenvalue weighted by atomic mass is 35.5. The van der Waals surface area contributed by atoms with Crippen molar-refractivity contribution in [1.29, 1.82) is 0 Å². The Kier molecular flexibility index (Phi) is 6.26. The van der Waals surface area contributed by atoms with Gasteiger partial charge in [-0.2, -0.15) is 0 Å². The third-order valence-corrected chi connectivity index (χ3v) is 5.26. The quantitative estimate of drug-likeness (QED) is 0.343. The minimum Gasteiger partial charge on any atom is -0.493 e. The third-order valence-electron chi connectivity index (χ3n) is 4.56. The van der Waals surface area contributed by atoms with E-state index in [1.807, 2.05) is 24.3 Å². The molecule has 0 N–H and O–H groups in total. The summed E-state index contributed by atoms with van der Waals surface area (Å²) in [6.07, 6.45) is 1.62. The van der Waals surface area contributed by atoms with Crippen LogP contribution in [0.4, 0.5) is 0 Å². The number of methoxy groups -OCH3 is 1. The molecule has 0 aliphatic carbocycles. The van der Waals surface area contributed by atoms with Gasteiger partial charge in [-0.15, -0.1) is 0 Å². The molecule has 5 nitrogen and oxygen atoms in total. The van der Waals surface area contributed by atoms with E-state index in [4.69, 9.17) is 37.4 Å². The third kappa shape index (κ3) is 4.74. The molecular weight excluding hydrogens is 437 g/mol. The molecule has 1 heterocycles. The first-order chi connectivity index (χ1) is 15.0. The Morgan fingerprint density at radius 1 is 0.968 bits per heavy atom. The number of hydrogen-bond acceptors (Lipinski definition) is 5. The molecule has 0 amide bonds. The van der Waals surface area contributed by atoms with Gasteiger partial charge in [0, 0.05) is 10.6 Å². The molecule has 31 heavy (non-hydrogen) atoms. The standard InChI is InChI=1S/C24H17Cl2NO4/c1-29-22-13-15(10-11-21(22)30-14-16-6-2-4-8-18(16)25)12-20-24(28)31-23(27-20)17-7-3-5-9-19(17)26/h2-13H,14H2,1H3/b20-12-. The Morgan fingerprint density at radius 2 is 1.71 bits per heavy atom. The first-order valence-corrected chi connectivity index (χ1v) is 10.1. The molecule has 0 unspecified atom stereocenters. The summed E-state index contributed by atoms with van der Waals surface area (Å²) in [5, 5.41) is 1.09. The number of aliphatic imine (C=N–C) groups is 1. The number of benzene rings is 3. The Labute approximate surface area is 189 Å². The van der Waals surface area contributed by atoms with Crippen molar-refractivity contribution < 1.29 is 19.0 Å². The molecule has 0 bridgehead atoms. The lowest BCUT2D eigenvalue weighted by Crippen LogP contribution is -2.05. The monoisotopic (exact) mass is 453 g/mol. The van der Waals surface area contributed by atoms with Crippen LogP contribution in [0.5, 0.6) is 11.5 Å². The summed E-state index contributed by atoms with van der Waals surface area (Å²) in [4.78, 5) is 16.6. The van der Waals surface area contributed by atoms with E-state index >= 15 is 0 Å².